The van der Waals surface area contributed by atoms with E-state index >= 15 is 0 Å². The summed E-state index contributed by atoms with van der Waals surface area (Å²) in [6.45, 7) is 4.95. The van der Waals surface area contributed by atoms with Crippen LogP contribution in [-0.2, 0) is 32.3 Å². The second kappa shape index (κ2) is 12.7. The lowest BCUT2D eigenvalue weighted by Gasteiger charge is -2.14. The Morgan fingerprint density at radius 2 is 1.73 bits per heavy atom. The van der Waals surface area contributed by atoms with Crippen LogP contribution in [-0.4, -0.2) is 45.1 Å². The van der Waals surface area contributed by atoms with Gasteiger partial charge in [-0.25, -0.2) is 9.98 Å². The third-order valence-electron chi connectivity index (χ3n) is 5.28. The van der Waals surface area contributed by atoms with Gasteiger partial charge >= 0.3 is 0 Å². The Labute approximate surface area is 215 Å². The molecule has 1 aromatic heterocycles. The molecule has 1 atom stereocenters. The predicted octanol–water partition coefficient (Wildman–Crippen LogP) is 2.62. The maximum atomic E-state index is 12.9. The number of hydrogen-bond acceptors (Lipinski definition) is 6. The van der Waals surface area contributed by atoms with Crippen LogP contribution in [0.25, 0.3) is 0 Å². The highest BCUT2D eigenvalue weighted by Crippen LogP contribution is 2.11. The Hall–Kier alpha value is -4.15. The Bertz CT molecular complexity index is 1230. The monoisotopic (exact) mass is 504 g/mol. The molecule has 0 aliphatic rings. The van der Waals surface area contributed by atoms with Crippen LogP contribution in [0.5, 0.6) is 0 Å². The lowest BCUT2D eigenvalue weighted by atomic mass is 10.1. The van der Waals surface area contributed by atoms with Crippen LogP contribution < -0.4 is 16.4 Å². The fourth-order valence-electron chi connectivity index (χ4n) is 3.23. The number of imidazole rings is 1. The summed E-state index contributed by atoms with van der Waals surface area (Å²) in [6, 6.07) is 18.9. The van der Waals surface area contributed by atoms with Crippen molar-refractivity contribution >= 4 is 29.3 Å². The SMILES string of the molecule is C[C@H](NC(=O)Cn1cnc(NC(=O)C(COCc2ccccc2)=NC(=O)C(C)(C)N)c1)c1ccccc1. The number of carbonyl (C=O) groups is 3. The lowest BCUT2D eigenvalue weighted by Crippen LogP contribution is -2.42. The van der Waals surface area contributed by atoms with Crippen LogP contribution in [0.15, 0.2) is 78.2 Å². The number of carbonyl (C=O) groups excluding carboxylic acids is 3. The number of aliphatic imine (C=N–C) groups is 1. The number of ether oxygens (including phenoxy) is 1. The number of nitrogens with one attached hydrogen (secondary N) is 2. The van der Waals surface area contributed by atoms with Crippen LogP contribution in [0, 0.1) is 0 Å². The molecule has 0 spiro atoms. The predicted molar refractivity (Wildman–Crippen MR) is 141 cm³/mol. The van der Waals surface area contributed by atoms with E-state index in [2.05, 4.69) is 20.6 Å². The number of aromatic nitrogens is 2. The van der Waals surface area contributed by atoms with Crippen molar-refractivity contribution in [2.24, 2.45) is 10.7 Å². The molecule has 0 fully saturated rings. The molecule has 1 heterocycles. The largest absolute Gasteiger partial charge is 0.370 e. The smallest absolute Gasteiger partial charge is 0.273 e. The maximum absolute atomic E-state index is 12.9. The Morgan fingerprint density at radius 1 is 1.08 bits per heavy atom. The minimum Gasteiger partial charge on any atom is -0.370 e. The van der Waals surface area contributed by atoms with Gasteiger partial charge in [0.25, 0.3) is 11.8 Å². The Balaban J connectivity index is 1.61. The molecule has 0 aliphatic heterocycles. The van der Waals surface area contributed by atoms with E-state index in [1.807, 2.05) is 67.6 Å². The molecular weight excluding hydrogens is 472 g/mol. The van der Waals surface area contributed by atoms with Crippen molar-refractivity contribution in [3.63, 3.8) is 0 Å². The van der Waals surface area contributed by atoms with E-state index < -0.39 is 17.4 Å². The molecule has 3 aromatic rings. The maximum Gasteiger partial charge on any atom is 0.273 e. The van der Waals surface area contributed by atoms with Crippen molar-refractivity contribution in [1.82, 2.24) is 14.9 Å². The summed E-state index contributed by atoms with van der Waals surface area (Å²) in [5.74, 6) is -1.32. The summed E-state index contributed by atoms with van der Waals surface area (Å²) in [4.78, 5) is 45.8. The molecule has 2 aromatic carbocycles. The van der Waals surface area contributed by atoms with Gasteiger partial charge in [-0.1, -0.05) is 60.7 Å². The highest BCUT2D eigenvalue weighted by Gasteiger charge is 2.24. The quantitative estimate of drug-likeness (QED) is 0.343. The topological polar surface area (TPSA) is 141 Å². The van der Waals surface area contributed by atoms with Gasteiger partial charge in [0, 0.05) is 6.20 Å². The van der Waals surface area contributed by atoms with E-state index in [9.17, 15) is 14.4 Å². The van der Waals surface area contributed by atoms with Crippen molar-refractivity contribution in [2.45, 2.75) is 45.5 Å². The summed E-state index contributed by atoms with van der Waals surface area (Å²) < 4.78 is 7.16. The van der Waals surface area contributed by atoms with E-state index in [1.54, 1.807) is 4.57 Å². The minimum absolute atomic E-state index is 0.0149. The van der Waals surface area contributed by atoms with Gasteiger partial charge < -0.3 is 25.7 Å². The molecular formula is C27H32N6O4. The van der Waals surface area contributed by atoms with Crippen molar-refractivity contribution in [3.05, 3.63) is 84.3 Å². The van der Waals surface area contributed by atoms with Crippen LogP contribution in [0.4, 0.5) is 5.82 Å². The van der Waals surface area contributed by atoms with Crippen molar-refractivity contribution in [2.75, 3.05) is 11.9 Å². The molecule has 10 heteroatoms. The number of anilines is 1. The standard InChI is InChI=1S/C27H32N6O4/c1-19(21-12-8-5-9-13-21)30-24(34)15-33-14-23(29-18-33)32-25(35)22(31-26(36)27(2,3)28)17-37-16-20-10-6-4-7-11-20/h4-14,18-19H,15-17,28H2,1-3H3,(H,30,34)(H,32,35)/t19-/m0/s1. The van der Waals surface area contributed by atoms with Crippen molar-refractivity contribution in [3.8, 4) is 0 Å². The molecule has 194 valence electrons. The molecule has 0 radical (unpaired) electrons. The molecule has 0 bridgehead atoms. The third kappa shape index (κ3) is 8.78. The zero-order chi connectivity index (χ0) is 26.8. The number of benzene rings is 2. The van der Waals surface area contributed by atoms with Gasteiger partial charge in [-0.3, -0.25) is 14.4 Å². The molecule has 0 saturated carbocycles. The first-order valence-electron chi connectivity index (χ1n) is 11.8. The first-order chi connectivity index (χ1) is 17.6. The van der Waals surface area contributed by atoms with E-state index in [0.717, 1.165) is 11.1 Å². The molecule has 10 nitrogen and oxygen atoms in total. The first kappa shape index (κ1) is 27.4. The zero-order valence-corrected chi connectivity index (χ0v) is 21.2. The highest BCUT2D eigenvalue weighted by molar-refractivity contribution is 6.45. The molecule has 0 unspecified atom stereocenters. The number of nitrogens with zero attached hydrogens (tertiary/aromatic N) is 3. The van der Waals surface area contributed by atoms with Crippen LogP contribution in [0.2, 0.25) is 0 Å². The van der Waals surface area contributed by atoms with Gasteiger partial charge in [-0.15, -0.1) is 0 Å². The molecule has 0 aliphatic carbocycles. The molecule has 4 N–H and O–H groups in total. The van der Waals surface area contributed by atoms with E-state index in [1.165, 1.54) is 26.4 Å². The fourth-order valence-corrected chi connectivity index (χ4v) is 3.23. The average Bonchev–Trinajstić information content (AvgIpc) is 3.30. The van der Waals surface area contributed by atoms with Gasteiger partial charge in [0.1, 0.15) is 12.3 Å². The molecule has 0 saturated heterocycles. The Kier molecular flexibility index (Phi) is 9.42. The van der Waals surface area contributed by atoms with Crippen LogP contribution in [0.3, 0.4) is 0 Å². The highest BCUT2D eigenvalue weighted by atomic mass is 16.5. The molecule has 37 heavy (non-hydrogen) atoms. The minimum atomic E-state index is -1.25. The van der Waals surface area contributed by atoms with Crippen molar-refractivity contribution in [1.29, 1.82) is 0 Å². The van der Waals surface area contributed by atoms with Crippen LogP contribution in [0.1, 0.15) is 37.9 Å². The van der Waals surface area contributed by atoms with Gasteiger partial charge in [-0.2, -0.15) is 0 Å². The Morgan fingerprint density at radius 3 is 2.38 bits per heavy atom. The van der Waals surface area contributed by atoms with Gasteiger partial charge in [-0.05, 0) is 31.9 Å². The van der Waals surface area contributed by atoms with E-state index in [4.69, 9.17) is 10.5 Å². The summed E-state index contributed by atoms with van der Waals surface area (Å²) >= 11 is 0. The second-order valence-corrected chi connectivity index (χ2v) is 9.15. The summed E-state index contributed by atoms with van der Waals surface area (Å²) in [7, 11) is 0. The summed E-state index contributed by atoms with van der Waals surface area (Å²) in [5.41, 5.74) is 6.35. The normalized spacial score (nSPS) is 12.6. The van der Waals surface area contributed by atoms with Crippen molar-refractivity contribution < 1.29 is 19.1 Å². The molecule has 3 rings (SSSR count). The molecule has 3 amide bonds. The second-order valence-electron chi connectivity index (χ2n) is 9.15. The number of hydrogen-bond donors (Lipinski definition) is 3. The van der Waals surface area contributed by atoms with E-state index in [-0.39, 0.29) is 43.2 Å². The number of rotatable bonds is 11. The first-order valence-corrected chi connectivity index (χ1v) is 11.8. The van der Waals surface area contributed by atoms with Crippen LogP contribution >= 0.6 is 0 Å². The van der Waals surface area contributed by atoms with Gasteiger partial charge in [0.2, 0.25) is 5.91 Å². The fraction of sp³-hybridized carbons (Fsp3) is 0.296. The number of amides is 3. The van der Waals surface area contributed by atoms with Gasteiger partial charge in [0.15, 0.2) is 5.82 Å². The average molecular weight is 505 g/mol. The number of nitrogens with two attached hydrogens (primary N) is 1. The lowest BCUT2D eigenvalue weighted by molar-refractivity contribution is -0.122. The summed E-state index contributed by atoms with van der Waals surface area (Å²) in [5, 5.41) is 5.53. The summed E-state index contributed by atoms with van der Waals surface area (Å²) in [6.07, 6.45) is 2.95. The van der Waals surface area contributed by atoms with Gasteiger partial charge in [0.05, 0.1) is 31.1 Å². The van der Waals surface area contributed by atoms with E-state index in [0.29, 0.717) is 0 Å². The third-order valence-corrected chi connectivity index (χ3v) is 5.28. The zero-order valence-electron chi connectivity index (χ0n) is 21.2.